The number of carbonyl (C=O) groups is 1. The van der Waals surface area contributed by atoms with Crippen LogP contribution in [0.15, 0.2) is 39.4 Å². The van der Waals surface area contributed by atoms with Gasteiger partial charge in [-0.1, -0.05) is 12.1 Å². The molecule has 1 aliphatic heterocycles. The molecule has 5 rings (SSSR count). The van der Waals surface area contributed by atoms with E-state index < -0.39 is 35.9 Å². The van der Waals surface area contributed by atoms with Crippen molar-refractivity contribution in [2.24, 2.45) is 0 Å². The van der Waals surface area contributed by atoms with Gasteiger partial charge in [-0.05, 0) is 26.0 Å². The van der Waals surface area contributed by atoms with Crippen molar-refractivity contribution in [2.75, 3.05) is 0 Å². The number of aromatic amines is 1. The number of halogens is 2. The molecule has 0 bridgehead atoms. The van der Waals surface area contributed by atoms with E-state index in [-0.39, 0.29) is 17.1 Å². The van der Waals surface area contributed by atoms with Crippen molar-refractivity contribution in [3.63, 3.8) is 0 Å². The van der Waals surface area contributed by atoms with Gasteiger partial charge in [0, 0.05) is 9.78 Å². The number of hydrogen-bond acceptors (Lipinski definition) is 7. The molecule has 12 heteroatoms. The molecule has 4 heterocycles. The monoisotopic (exact) mass is 431 g/mol. The van der Waals surface area contributed by atoms with Gasteiger partial charge in [0.25, 0.3) is 5.89 Å². The first-order valence-electron chi connectivity index (χ1n) is 9.36. The largest absolute Gasteiger partial charge is 0.478 e. The highest BCUT2D eigenvalue weighted by Crippen LogP contribution is 2.38. The van der Waals surface area contributed by atoms with Crippen molar-refractivity contribution < 1.29 is 32.2 Å². The number of carbonyl (C=O) groups excluding carboxylic acids is 1. The Morgan fingerprint density at radius 1 is 1.35 bits per heavy atom. The van der Waals surface area contributed by atoms with Crippen LogP contribution < -0.4 is 4.68 Å². The fourth-order valence-electron chi connectivity index (χ4n) is 3.50. The lowest BCUT2D eigenvalue weighted by Crippen LogP contribution is -2.46. The van der Waals surface area contributed by atoms with Crippen molar-refractivity contribution >= 4 is 17.0 Å². The van der Waals surface area contributed by atoms with Crippen LogP contribution in [0.3, 0.4) is 0 Å². The molecule has 0 aliphatic carbocycles. The number of rotatable bonds is 4. The molecule has 3 aromatic heterocycles. The second kappa shape index (κ2) is 6.67. The van der Waals surface area contributed by atoms with Crippen LogP contribution in [0.2, 0.25) is 0 Å². The van der Waals surface area contributed by atoms with E-state index in [0.29, 0.717) is 22.5 Å². The molecule has 2 N–H and O–H groups in total. The first-order chi connectivity index (χ1) is 14.7. The lowest BCUT2D eigenvalue weighted by atomic mass is 10.1. The highest BCUT2D eigenvalue weighted by atomic mass is 19.3. The van der Waals surface area contributed by atoms with Gasteiger partial charge in [0.15, 0.2) is 11.6 Å². The van der Waals surface area contributed by atoms with Gasteiger partial charge in [0.2, 0.25) is 5.89 Å². The summed E-state index contributed by atoms with van der Waals surface area (Å²) >= 11 is 0. The van der Waals surface area contributed by atoms with E-state index >= 15 is 0 Å². The predicted molar refractivity (Wildman–Crippen MR) is 97.5 cm³/mol. The maximum atomic E-state index is 13.6. The van der Waals surface area contributed by atoms with Crippen LogP contribution >= 0.6 is 0 Å². The molecule has 1 amide bonds. The van der Waals surface area contributed by atoms with E-state index in [1.807, 2.05) is 0 Å². The minimum absolute atomic E-state index is 0.0410. The number of H-pyrrole nitrogens is 1. The maximum absolute atomic E-state index is 13.6. The summed E-state index contributed by atoms with van der Waals surface area (Å²) in [7, 11) is 0. The van der Waals surface area contributed by atoms with E-state index in [2.05, 4.69) is 20.1 Å². The second-order valence-corrected chi connectivity index (χ2v) is 7.62. The van der Waals surface area contributed by atoms with E-state index in [1.54, 1.807) is 24.3 Å². The van der Waals surface area contributed by atoms with Crippen LogP contribution in [0.25, 0.3) is 11.1 Å². The lowest BCUT2D eigenvalue weighted by molar-refractivity contribution is -0.824. The molecule has 1 aliphatic rings. The number of oxazole rings is 1. The molecule has 1 atom stereocenters. The minimum atomic E-state index is -3.15. The zero-order valence-corrected chi connectivity index (χ0v) is 16.4. The van der Waals surface area contributed by atoms with E-state index in [0.717, 1.165) is 0 Å². The number of imidazole rings is 1. The van der Waals surface area contributed by atoms with Gasteiger partial charge in [-0.25, -0.2) is 9.97 Å². The Morgan fingerprint density at radius 3 is 2.84 bits per heavy atom. The van der Waals surface area contributed by atoms with Crippen LogP contribution in [0.5, 0.6) is 0 Å². The molecule has 0 spiro atoms. The SMILES string of the molecule is CC(C)(O)c1n[n+](C(F)F)c(C(=O)N2Cc3[nH]cnc3[C@@H]2c2nc3ccccc3o2)o1. The third-order valence-corrected chi connectivity index (χ3v) is 4.95. The van der Waals surface area contributed by atoms with Crippen molar-refractivity contribution in [3.8, 4) is 0 Å². The summed E-state index contributed by atoms with van der Waals surface area (Å²) in [5.41, 5.74) is 0.546. The zero-order chi connectivity index (χ0) is 21.9. The lowest BCUT2D eigenvalue weighted by Gasteiger charge is -2.19. The third kappa shape index (κ3) is 3.06. The Kier molecular flexibility index (Phi) is 4.15. The highest BCUT2D eigenvalue weighted by Gasteiger charge is 2.48. The number of fused-ring (bicyclic) bond motifs is 2. The maximum Gasteiger partial charge on any atom is 0.478 e. The van der Waals surface area contributed by atoms with Gasteiger partial charge >= 0.3 is 18.3 Å². The Balaban J connectivity index is 1.60. The summed E-state index contributed by atoms with van der Waals surface area (Å²) in [6, 6.07) is 6.21. The number of aromatic nitrogens is 5. The molecule has 0 fully saturated rings. The molecule has 10 nitrogen and oxygen atoms in total. The predicted octanol–water partition coefficient (Wildman–Crippen LogP) is 2.19. The van der Waals surface area contributed by atoms with Crippen molar-refractivity contribution in [3.05, 3.63) is 59.7 Å². The van der Waals surface area contributed by atoms with Crippen molar-refractivity contribution in [2.45, 2.75) is 38.6 Å². The summed E-state index contributed by atoms with van der Waals surface area (Å²) < 4.78 is 38.4. The van der Waals surface area contributed by atoms with Crippen LogP contribution in [0.1, 0.15) is 60.3 Å². The van der Waals surface area contributed by atoms with E-state index in [4.69, 9.17) is 8.83 Å². The molecule has 1 aromatic carbocycles. The third-order valence-electron chi connectivity index (χ3n) is 4.95. The van der Waals surface area contributed by atoms with Gasteiger partial charge < -0.3 is 23.8 Å². The summed E-state index contributed by atoms with van der Waals surface area (Å²) in [6.07, 6.45) is 1.47. The number of hydrogen-bond donors (Lipinski definition) is 2. The van der Waals surface area contributed by atoms with Crippen molar-refractivity contribution in [1.82, 2.24) is 25.0 Å². The van der Waals surface area contributed by atoms with Crippen LogP contribution in [-0.4, -0.2) is 36.0 Å². The van der Waals surface area contributed by atoms with Gasteiger partial charge in [-0.15, -0.1) is 8.78 Å². The average Bonchev–Trinajstić information content (AvgIpc) is 3.46. The number of para-hydroxylation sites is 2. The number of nitrogens with one attached hydrogen (secondary N) is 1. The number of nitrogens with zero attached hydrogens (tertiary/aromatic N) is 5. The second-order valence-electron chi connectivity index (χ2n) is 7.62. The fourth-order valence-corrected chi connectivity index (χ4v) is 3.50. The first kappa shape index (κ1) is 19.3. The quantitative estimate of drug-likeness (QED) is 0.475. The van der Waals surface area contributed by atoms with E-state index in [1.165, 1.54) is 25.1 Å². The Labute approximate surface area is 173 Å². The van der Waals surface area contributed by atoms with Crippen LogP contribution in [-0.2, 0) is 12.1 Å². The van der Waals surface area contributed by atoms with Gasteiger partial charge in [0.1, 0.15) is 11.1 Å². The van der Waals surface area contributed by atoms with Gasteiger partial charge in [0.05, 0.1) is 24.3 Å². The summed E-state index contributed by atoms with van der Waals surface area (Å²) in [5.74, 6) is -1.82. The topological polar surface area (TPSA) is 125 Å². The molecular formula is C19H17F2N6O4+. The van der Waals surface area contributed by atoms with Crippen molar-refractivity contribution in [1.29, 1.82) is 0 Å². The molecular weight excluding hydrogens is 414 g/mol. The first-order valence-corrected chi connectivity index (χ1v) is 9.36. The molecule has 0 radical (unpaired) electrons. The average molecular weight is 431 g/mol. The number of amides is 1. The Hall–Kier alpha value is -3.67. The van der Waals surface area contributed by atoms with Crippen LogP contribution in [0.4, 0.5) is 8.78 Å². The zero-order valence-electron chi connectivity index (χ0n) is 16.4. The number of aliphatic hydroxyl groups is 1. The smallest absolute Gasteiger partial charge is 0.438 e. The standard InChI is InChI=1S/C19H16F2N6O4/c1-19(2,29)17-25-27(18(20)21)16(31-17)15(28)26-7-10-12(23-8-22-10)13(26)14-24-9-5-3-4-6-11(9)30-14/h3-6,8,13,18,29H,7H2,1-2H3/p+1/t13-/m1/s1. The molecule has 0 saturated carbocycles. The molecule has 0 unspecified atom stereocenters. The Bertz CT molecular complexity index is 1260. The molecule has 31 heavy (non-hydrogen) atoms. The molecule has 0 saturated heterocycles. The van der Waals surface area contributed by atoms with Crippen LogP contribution in [0, 0.1) is 0 Å². The molecule has 4 aromatic rings. The van der Waals surface area contributed by atoms with E-state index in [9.17, 15) is 18.7 Å². The number of benzene rings is 1. The molecule has 160 valence electrons. The summed E-state index contributed by atoms with van der Waals surface area (Å²) in [4.78, 5) is 26.2. The Morgan fingerprint density at radius 2 is 2.13 bits per heavy atom. The van der Waals surface area contributed by atoms with Gasteiger partial charge in [-0.2, -0.15) is 0 Å². The normalized spacial score (nSPS) is 16.5. The fraction of sp³-hybridized carbons (Fsp3) is 0.316. The highest BCUT2D eigenvalue weighted by molar-refractivity contribution is 5.89. The summed E-state index contributed by atoms with van der Waals surface area (Å²) in [5, 5.41) is 13.7. The summed E-state index contributed by atoms with van der Waals surface area (Å²) in [6.45, 7) is -0.483. The minimum Gasteiger partial charge on any atom is -0.438 e. The number of alkyl halides is 2. The van der Waals surface area contributed by atoms with Gasteiger partial charge in [-0.3, -0.25) is 4.79 Å².